The average molecular weight is 489 g/mol. The van der Waals surface area contributed by atoms with Gasteiger partial charge in [-0.15, -0.1) is 0 Å². The van der Waals surface area contributed by atoms with Crippen LogP contribution in [0, 0.1) is 12.8 Å². The number of carboxylic acid groups (broad SMARTS) is 1. The van der Waals surface area contributed by atoms with Crippen LogP contribution in [0.2, 0.25) is 0 Å². The predicted octanol–water partition coefficient (Wildman–Crippen LogP) is 5.16. The first-order valence-corrected chi connectivity index (χ1v) is 12.4. The fourth-order valence-corrected chi connectivity index (χ4v) is 4.94. The first kappa shape index (κ1) is 25.2. The summed E-state index contributed by atoms with van der Waals surface area (Å²) in [6, 6.07) is 9.74. The maximum Gasteiger partial charge on any atom is 0.336 e. The third-order valence-corrected chi connectivity index (χ3v) is 6.54. The van der Waals surface area contributed by atoms with Crippen molar-refractivity contribution in [2.24, 2.45) is 5.92 Å². The number of hydrogen-bond acceptors (Lipinski definition) is 6. The van der Waals surface area contributed by atoms with E-state index < -0.39 is 17.9 Å². The van der Waals surface area contributed by atoms with E-state index in [4.69, 9.17) is 4.74 Å². The molecule has 1 atom stereocenters. The van der Waals surface area contributed by atoms with E-state index in [0.29, 0.717) is 23.4 Å². The highest BCUT2D eigenvalue weighted by atomic mass is 16.5. The van der Waals surface area contributed by atoms with Crippen LogP contribution in [0.1, 0.15) is 57.8 Å². The number of ether oxygens (including phenoxy) is 1. The van der Waals surface area contributed by atoms with Gasteiger partial charge in [0.1, 0.15) is 11.3 Å². The van der Waals surface area contributed by atoms with E-state index in [-0.39, 0.29) is 12.2 Å². The number of aliphatic carboxylic acids is 1. The Morgan fingerprint density at radius 2 is 1.83 bits per heavy atom. The van der Waals surface area contributed by atoms with Gasteiger partial charge in [0.25, 0.3) is 0 Å². The zero-order chi connectivity index (χ0) is 25.8. The van der Waals surface area contributed by atoms with Gasteiger partial charge >= 0.3 is 11.9 Å². The van der Waals surface area contributed by atoms with Gasteiger partial charge in [-0.25, -0.2) is 14.6 Å². The molecular formula is C28H32N4O4. The SMILES string of the molecule is CCCCCC1C(C(=O)O)=C(C)NC(c2ccc(-n3c(C)nc4cnccc43)cc2)=C1C(=O)OCC. The lowest BCUT2D eigenvalue weighted by atomic mass is 9.80. The lowest BCUT2D eigenvalue weighted by Gasteiger charge is -2.31. The Hall–Kier alpha value is -3.94. The van der Waals surface area contributed by atoms with Crippen molar-refractivity contribution in [2.75, 3.05) is 6.61 Å². The van der Waals surface area contributed by atoms with Gasteiger partial charge in [0.15, 0.2) is 0 Å². The minimum Gasteiger partial charge on any atom is -0.478 e. The number of nitrogens with zero attached hydrogens (tertiary/aromatic N) is 3. The summed E-state index contributed by atoms with van der Waals surface area (Å²) in [7, 11) is 0. The molecule has 3 heterocycles. The monoisotopic (exact) mass is 488 g/mol. The number of esters is 1. The number of dihydropyridines is 1. The third-order valence-electron chi connectivity index (χ3n) is 6.54. The number of imidazole rings is 1. The maximum absolute atomic E-state index is 13.2. The standard InChI is InChI=1S/C28H32N4O4/c1-5-7-8-9-21-24(27(33)34)17(3)30-26(25(21)28(35)36-6-2)19-10-12-20(13-11-19)32-18(4)31-22-16-29-15-14-23(22)32/h10-16,21,30H,5-9H2,1-4H3,(H,33,34). The van der Waals surface area contributed by atoms with Crippen molar-refractivity contribution in [3.8, 4) is 5.69 Å². The minimum absolute atomic E-state index is 0.211. The van der Waals surface area contributed by atoms with Crippen LogP contribution >= 0.6 is 0 Å². The third kappa shape index (κ3) is 4.76. The minimum atomic E-state index is -1.02. The summed E-state index contributed by atoms with van der Waals surface area (Å²) in [6.07, 6.45) is 6.83. The summed E-state index contributed by atoms with van der Waals surface area (Å²) < 4.78 is 7.46. The highest BCUT2D eigenvalue weighted by molar-refractivity contribution is 6.03. The largest absolute Gasteiger partial charge is 0.478 e. The van der Waals surface area contributed by atoms with Crippen molar-refractivity contribution in [3.63, 3.8) is 0 Å². The van der Waals surface area contributed by atoms with Gasteiger partial charge in [0, 0.05) is 23.5 Å². The van der Waals surface area contributed by atoms with Gasteiger partial charge in [-0.2, -0.15) is 0 Å². The number of aromatic nitrogens is 3. The topological polar surface area (TPSA) is 106 Å². The van der Waals surface area contributed by atoms with E-state index in [0.717, 1.165) is 47.4 Å². The molecular weight excluding hydrogens is 456 g/mol. The van der Waals surface area contributed by atoms with Crippen LogP contribution in [0.5, 0.6) is 0 Å². The second kappa shape index (κ2) is 10.8. The number of allylic oxidation sites excluding steroid dienone is 1. The van der Waals surface area contributed by atoms with Gasteiger partial charge < -0.3 is 15.2 Å². The molecule has 1 aliphatic heterocycles. The van der Waals surface area contributed by atoms with E-state index in [1.807, 2.05) is 37.3 Å². The van der Waals surface area contributed by atoms with Crippen molar-refractivity contribution >= 4 is 28.7 Å². The van der Waals surface area contributed by atoms with Gasteiger partial charge in [-0.1, -0.05) is 38.3 Å². The quantitative estimate of drug-likeness (QED) is 0.316. The Kier molecular flexibility index (Phi) is 7.52. The number of aryl methyl sites for hydroxylation is 1. The Morgan fingerprint density at radius 3 is 2.50 bits per heavy atom. The molecule has 0 saturated heterocycles. The van der Waals surface area contributed by atoms with Crippen LogP contribution in [0.4, 0.5) is 0 Å². The van der Waals surface area contributed by atoms with E-state index >= 15 is 0 Å². The predicted molar refractivity (Wildman–Crippen MR) is 138 cm³/mol. The molecule has 0 fully saturated rings. The number of nitrogens with one attached hydrogen (secondary N) is 1. The summed E-state index contributed by atoms with van der Waals surface area (Å²) in [5, 5.41) is 13.2. The zero-order valence-electron chi connectivity index (χ0n) is 21.2. The van der Waals surface area contributed by atoms with Crippen LogP contribution in [0.3, 0.4) is 0 Å². The number of pyridine rings is 1. The molecule has 0 radical (unpaired) electrons. The lowest BCUT2D eigenvalue weighted by Crippen LogP contribution is -2.33. The van der Waals surface area contributed by atoms with Gasteiger partial charge in [0.2, 0.25) is 0 Å². The highest BCUT2D eigenvalue weighted by Gasteiger charge is 2.37. The van der Waals surface area contributed by atoms with Gasteiger partial charge in [0.05, 0.1) is 35.2 Å². The van der Waals surface area contributed by atoms with E-state index in [9.17, 15) is 14.7 Å². The van der Waals surface area contributed by atoms with Crippen LogP contribution in [0.15, 0.2) is 59.6 Å². The Balaban J connectivity index is 1.80. The number of carboxylic acids is 1. The molecule has 0 spiro atoms. The molecule has 8 nitrogen and oxygen atoms in total. The number of unbranched alkanes of at least 4 members (excludes halogenated alkanes) is 2. The molecule has 2 N–H and O–H groups in total. The molecule has 1 aliphatic rings. The smallest absolute Gasteiger partial charge is 0.336 e. The molecule has 3 aromatic rings. The maximum atomic E-state index is 13.2. The number of rotatable bonds is 9. The van der Waals surface area contributed by atoms with E-state index in [2.05, 4.69) is 26.8 Å². The zero-order valence-corrected chi connectivity index (χ0v) is 21.2. The number of benzene rings is 1. The Labute approximate surface area is 210 Å². The lowest BCUT2D eigenvalue weighted by molar-refractivity contribution is -0.139. The highest BCUT2D eigenvalue weighted by Crippen LogP contribution is 2.38. The van der Waals surface area contributed by atoms with Crippen molar-refractivity contribution in [3.05, 3.63) is 71.0 Å². The summed E-state index contributed by atoms with van der Waals surface area (Å²) in [6.45, 7) is 7.76. The van der Waals surface area contributed by atoms with Crippen LogP contribution in [-0.2, 0) is 14.3 Å². The second-order valence-corrected chi connectivity index (χ2v) is 8.93. The van der Waals surface area contributed by atoms with Crippen molar-refractivity contribution in [1.82, 2.24) is 19.9 Å². The van der Waals surface area contributed by atoms with Crippen molar-refractivity contribution in [2.45, 2.75) is 53.4 Å². The van der Waals surface area contributed by atoms with Gasteiger partial charge in [-0.3, -0.25) is 9.55 Å². The normalized spacial score (nSPS) is 15.8. The second-order valence-electron chi connectivity index (χ2n) is 8.93. The number of carbonyl (C=O) groups excluding carboxylic acids is 1. The average Bonchev–Trinajstić information content (AvgIpc) is 3.19. The molecule has 8 heteroatoms. The molecule has 1 unspecified atom stereocenters. The fraction of sp³-hybridized carbons (Fsp3) is 0.357. The first-order chi connectivity index (χ1) is 17.4. The molecule has 4 rings (SSSR count). The van der Waals surface area contributed by atoms with E-state index in [1.165, 1.54) is 0 Å². The van der Waals surface area contributed by atoms with Gasteiger partial charge in [-0.05, 0) is 51.0 Å². The summed E-state index contributed by atoms with van der Waals surface area (Å²) >= 11 is 0. The molecule has 2 aromatic heterocycles. The van der Waals surface area contributed by atoms with Crippen molar-refractivity contribution < 1.29 is 19.4 Å². The molecule has 0 aliphatic carbocycles. The summed E-state index contributed by atoms with van der Waals surface area (Å²) in [4.78, 5) is 34.1. The van der Waals surface area contributed by atoms with E-state index in [1.54, 1.807) is 26.2 Å². The number of hydrogen-bond donors (Lipinski definition) is 2. The Morgan fingerprint density at radius 1 is 1.08 bits per heavy atom. The van der Waals surface area contributed by atoms with Crippen molar-refractivity contribution in [1.29, 1.82) is 0 Å². The molecule has 0 amide bonds. The first-order valence-electron chi connectivity index (χ1n) is 12.4. The molecule has 36 heavy (non-hydrogen) atoms. The number of fused-ring (bicyclic) bond motifs is 1. The number of carbonyl (C=O) groups is 2. The van der Waals surface area contributed by atoms with Crippen LogP contribution in [-0.4, -0.2) is 38.2 Å². The fourth-order valence-electron chi connectivity index (χ4n) is 4.94. The molecule has 0 bridgehead atoms. The van der Waals surface area contributed by atoms with Crippen LogP contribution < -0.4 is 5.32 Å². The molecule has 0 saturated carbocycles. The van der Waals surface area contributed by atoms with Crippen LogP contribution in [0.25, 0.3) is 22.4 Å². The molecule has 1 aromatic carbocycles. The summed E-state index contributed by atoms with van der Waals surface area (Å²) in [5.74, 6) is -1.21. The Bertz CT molecular complexity index is 1350. The summed E-state index contributed by atoms with van der Waals surface area (Å²) in [5.41, 5.74) is 5.23. The molecule has 188 valence electrons.